The van der Waals surface area contributed by atoms with Crippen molar-refractivity contribution in [3.05, 3.63) is 23.8 Å². The first-order valence-electron chi connectivity index (χ1n) is 4.63. The summed E-state index contributed by atoms with van der Waals surface area (Å²) in [5.74, 6) is -0.250. The molecule has 0 rings (SSSR count). The van der Waals surface area contributed by atoms with E-state index in [0.29, 0.717) is 6.61 Å². The quantitative estimate of drug-likeness (QED) is 0.283. The minimum absolute atomic E-state index is 0.250. The van der Waals surface area contributed by atoms with Gasteiger partial charge in [-0.3, -0.25) is 0 Å². The third kappa shape index (κ3) is 8.86. The molecule has 0 aromatic rings. The topological polar surface area (TPSA) is 26.3 Å². The van der Waals surface area contributed by atoms with Gasteiger partial charge in [0.25, 0.3) is 0 Å². The Morgan fingerprint density at radius 1 is 1.31 bits per heavy atom. The van der Waals surface area contributed by atoms with Crippen molar-refractivity contribution in [3.63, 3.8) is 0 Å². The number of ether oxygens (including phenoxy) is 1. The fourth-order valence-electron chi connectivity index (χ4n) is 0.838. The Labute approximate surface area is 80.3 Å². The zero-order valence-electron chi connectivity index (χ0n) is 8.67. The molecule has 0 heterocycles. The first-order valence-corrected chi connectivity index (χ1v) is 4.63. The average Bonchev–Trinajstić information content (AvgIpc) is 2.03. The predicted octanol–water partition coefficient (Wildman–Crippen LogP) is 2.85. The molecule has 0 radical (unpaired) electrons. The first-order chi connectivity index (χ1) is 6.16. The first kappa shape index (κ1) is 11.9. The highest BCUT2D eigenvalue weighted by Crippen LogP contribution is 1.98. The Kier molecular flexibility index (Phi) is 6.98. The highest BCUT2D eigenvalue weighted by Gasteiger charge is 1.90. The number of hydrogen-bond acceptors (Lipinski definition) is 2. The molecular weight excluding hydrogens is 164 g/mol. The Morgan fingerprint density at radius 3 is 2.54 bits per heavy atom. The van der Waals surface area contributed by atoms with Gasteiger partial charge in [-0.2, -0.15) is 0 Å². The van der Waals surface area contributed by atoms with Crippen molar-refractivity contribution < 1.29 is 9.53 Å². The summed E-state index contributed by atoms with van der Waals surface area (Å²) in [6.07, 6.45) is 7.36. The van der Waals surface area contributed by atoms with E-state index in [2.05, 4.69) is 19.9 Å². The fraction of sp³-hybridized carbons (Fsp3) is 0.545. The van der Waals surface area contributed by atoms with E-state index in [1.165, 1.54) is 11.6 Å². The van der Waals surface area contributed by atoms with Crippen molar-refractivity contribution in [2.24, 2.45) is 0 Å². The van der Waals surface area contributed by atoms with Gasteiger partial charge in [-0.1, -0.05) is 17.7 Å². The van der Waals surface area contributed by atoms with E-state index in [1.807, 2.05) is 6.08 Å². The molecule has 0 aliphatic carbocycles. The van der Waals surface area contributed by atoms with Gasteiger partial charge in [0.05, 0.1) is 6.61 Å². The van der Waals surface area contributed by atoms with Crippen molar-refractivity contribution in [3.8, 4) is 0 Å². The summed E-state index contributed by atoms with van der Waals surface area (Å²) in [5, 5.41) is 0. The summed E-state index contributed by atoms with van der Waals surface area (Å²) >= 11 is 0. The lowest BCUT2D eigenvalue weighted by atomic mass is 10.2. The van der Waals surface area contributed by atoms with Crippen LogP contribution in [0.3, 0.4) is 0 Å². The summed E-state index contributed by atoms with van der Waals surface area (Å²) in [5.41, 5.74) is 1.31. The molecule has 0 saturated carbocycles. The summed E-state index contributed by atoms with van der Waals surface area (Å²) in [4.78, 5) is 10.8. The largest absolute Gasteiger partial charge is 0.463 e. The summed E-state index contributed by atoms with van der Waals surface area (Å²) < 4.78 is 4.73. The molecule has 0 unspecified atom stereocenters. The van der Waals surface area contributed by atoms with Gasteiger partial charge in [-0.15, -0.1) is 0 Å². The van der Waals surface area contributed by atoms with E-state index in [0.717, 1.165) is 12.8 Å². The number of carbonyl (C=O) groups excluding carboxylic acids is 1. The maximum absolute atomic E-state index is 10.8. The molecule has 0 aliphatic rings. The Hall–Kier alpha value is -1.05. The van der Waals surface area contributed by atoms with Crippen LogP contribution < -0.4 is 0 Å². The lowest BCUT2D eigenvalue weighted by Gasteiger charge is -1.94. The van der Waals surface area contributed by atoms with Gasteiger partial charge in [-0.25, -0.2) is 4.79 Å². The molecule has 0 amide bonds. The molecule has 0 aliphatic heterocycles. The number of rotatable bonds is 5. The molecule has 0 fully saturated rings. The minimum atomic E-state index is -0.250. The summed E-state index contributed by atoms with van der Waals surface area (Å²) in [7, 11) is 0. The van der Waals surface area contributed by atoms with Crippen molar-refractivity contribution in [1.29, 1.82) is 0 Å². The van der Waals surface area contributed by atoms with Gasteiger partial charge in [0.2, 0.25) is 0 Å². The van der Waals surface area contributed by atoms with E-state index < -0.39 is 0 Å². The molecule has 74 valence electrons. The highest BCUT2D eigenvalue weighted by molar-refractivity contribution is 5.81. The van der Waals surface area contributed by atoms with Crippen molar-refractivity contribution >= 4 is 5.97 Å². The van der Waals surface area contributed by atoms with Gasteiger partial charge < -0.3 is 4.74 Å². The van der Waals surface area contributed by atoms with E-state index in [1.54, 1.807) is 6.92 Å². The zero-order chi connectivity index (χ0) is 10.1. The van der Waals surface area contributed by atoms with Crippen LogP contribution in [0.1, 0.15) is 33.6 Å². The molecule has 0 saturated heterocycles. The Balaban J connectivity index is 3.52. The maximum atomic E-state index is 10.8. The van der Waals surface area contributed by atoms with Gasteiger partial charge >= 0.3 is 5.97 Å². The molecule has 0 spiro atoms. The monoisotopic (exact) mass is 182 g/mol. The number of unbranched alkanes of at least 4 members (excludes halogenated alkanes) is 1. The van der Waals surface area contributed by atoms with Gasteiger partial charge in [0.1, 0.15) is 0 Å². The van der Waals surface area contributed by atoms with E-state index in [9.17, 15) is 4.79 Å². The van der Waals surface area contributed by atoms with E-state index in [4.69, 9.17) is 4.74 Å². The highest BCUT2D eigenvalue weighted by atomic mass is 16.5. The number of carbonyl (C=O) groups is 1. The van der Waals surface area contributed by atoms with Crippen LogP contribution in [0.15, 0.2) is 23.8 Å². The Morgan fingerprint density at radius 2 is 2.00 bits per heavy atom. The fourth-order valence-corrected chi connectivity index (χ4v) is 0.838. The molecule has 2 nitrogen and oxygen atoms in total. The zero-order valence-corrected chi connectivity index (χ0v) is 8.67. The third-order valence-corrected chi connectivity index (χ3v) is 1.43. The van der Waals surface area contributed by atoms with Gasteiger partial charge in [-0.05, 0) is 33.6 Å². The standard InChI is InChI=1S/C11H18O2/c1-4-13-11(12)9-7-5-6-8-10(2)3/h7-9H,4-6H2,1-3H3. The lowest BCUT2D eigenvalue weighted by Crippen LogP contribution is -1.98. The van der Waals surface area contributed by atoms with Gasteiger partial charge in [0.15, 0.2) is 0 Å². The Bertz CT molecular complexity index is 198. The normalized spacial score (nSPS) is 10.1. The second-order valence-corrected chi connectivity index (χ2v) is 3.01. The van der Waals surface area contributed by atoms with Crippen LogP contribution in [-0.4, -0.2) is 12.6 Å². The molecule has 0 atom stereocenters. The van der Waals surface area contributed by atoms with E-state index >= 15 is 0 Å². The predicted molar refractivity (Wildman–Crippen MR) is 54.4 cm³/mol. The summed E-state index contributed by atoms with van der Waals surface area (Å²) in [6, 6.07) is 0. The second-order valence-electron chi connectivity index (χ2n) is 3.01. The van der Waals surface area contributed by atoms with Crippen LogP contribution in [-0.2, 0) is 9.53 Å². The van der Waals surface area contributed by atoms with Crippen LogP contribution in [0.25, 0.3) is 0 Å². The van der Waals surface area contributed by atoms with Crippen LogP contribution >= 0.6 is 0 Å². The number of hydrogen-bond donors (Lipinski definition) is 0. The average molecular weight is 182 g/mol. The van der Waals surface area contributed by atoms with Crippen LogP contribution in [0.4, 0.5) is 0 Å². The molecule has 13 heavy (non-hydrogen) atoms. The molecule has 0 aromatic heterocycles. The maximum Gasteiger partial charge on any atom is 0.330 e. The molecule has 0 bridgehead atoms. The lowest BCUT2D eigenvalue weighted by molar-refractivity contribution is -0.137. The van der Waals surface area contributed by atoms with Crippen molar-refractivity contribution in [1.82, 2.24) is 0 Å². The van der Waals surface area contributed by atoms with Crippen LogP contribution in [0, 0.1) is 0 Å². The molecule has 0 aromatic carbocycles. The SMILES string of the molecule is CCOC(=O)C=CCCC=C(C)C. The third-order valence-electron chi connectivity index (χ3n) is 1.43. The molecule has 2 heteroatoms. The van der Waals surface area contributed by atoms with E-state index in [-0.39, 0.29) is 5.97 Å². The smallest absolute Gasteiger partial charge is 0.330 e. The van der Waals surface area contributed by atoms with Crippen LogP contribution in [0.5, 0.6) is 0 Å². The van der Waals surface area contributed by atoms with Crippen molar-refractivity contribution in [2.75, 3.05) is 6.61 Å². The number of allylic oxidation sites excluding steroid dienone is 3. The van der Waals surface area contributed by atoms with Gasteiger partial charge in [0, 0.05) is 6.08 Å². The molecule has 0 N–H and O–H groups in total. The van der Waals surface area contributed by atoms with Crippen LogP contribution in [0.2, 0.25) is 0 Å². The molecular formula is C11H18O2. The minimum Gasteiger partial charge on any atom is -0.463 e. The summed E-state index contributed by atoms with van der Waals surface area (Å²) in [6.45, 7) is 6.37. The second kappa shape index (κ2) is 7.59. The number of esters is 1. The van der Waals surface area contributed by atoms with Crippen molar-refractivity contribution in [2.45, 2.75) is 33.6 Å².